The average Bonchev–Trinajstić information content (AvgIpc) is 2.69. The molecule has 3 nitrogen and oxygen atoms in total. The molecule has 2 aromatic rings. The molecule has 0 amide bonds. The minimum Gasteiger partial charge on any atom is -0.491 e. The van der Waals surface area contributed by atoms with Crippen molar-refractivity contribution in [1.29, 1.82) is 0 Å². The van der Waals surface area contributed by atoms with Crippen molar-refractivity contribution in [1.82, 2.24) is 0 Å². The second-order valence-electron chi connectivity index (χ2n) is 5.16. The van der Waals surface area contributed by atoms with Crippen LogP contribution in [0.25, 0.3) is 0 Å². The summed E-state index contributed by atoms with van der Waals surface area (Å²) in [5, 5.41) is 0. The molecule has 0 aromatic heterocycles. The van der Waals surface area contributed by atoms with Crippen LogP contribution in [0.2, 0.25) is 0 Å². The van der Waals surface area contributed by atoms with Gasteiger partial charge < -0.3 is 15.4 Å². The number of thiocarbonyl (C=S) groups is 1. The fourth-order valence-corrected chi connectivity index (χ4v) is 2.94. The lowest BCUT2D eigenvalue weighted by Gasteiger charge is -2.27. The monoisotopic (exact) mass is 298 g/mol. The number of ether oxygens (including phenoxy) is 1. The summed E-state index contributed by atoms with van der Waals surface area (Å²) < 4.78 is 5.83. The lowest BCUT2D eigenvalue weighted by atomic mass is 10.1. The lowest BCUT2D eigenvalue weighted by Crippen LogP contribution is -2.23. The molecule has 108 valence electrons. The van der Waals surface area contributed by atoms with Gasteiger partial charge in [-0.1, -0.05) is 36.5 Å². The van der Waals surface area contributed by atoms with Gasteiger partial charge in [-0.15, -0.1) is 0 Å². The standard InChI is InChI=1S/C17H18N2OS/c1-12-6-4-7-13(17(18)21)16(12)19-10-5-11-20-15-9-3-2-8-14(15)19/h2-4,6-9H,5,10-11H2,1H3,(H2,18,21). The molecule has 0 saturated heterocycles. The molecule has 0 aliphatic carbocycles. The van der Waals surface area contributed by atoms with Gasteiger partial charge in [0.1, 0.15) is 10.7 Å². The van der Waals surface area contributed by atoms with Gasteiger partial charge in [0.2, 0.25) is 0 Å². The number of anilines is 2. The molecule has 0 unspecified atom stereocenters. The molecule has 0 atom stereocenters. The molecule has 0 saturated carbocycles. The van der Waals surface area contributed by atoms with Crippen molar-refractivity contribution in [2.24, 2.45) is 5.73 Å². The summed E-state index contributed by atoms with van der Waals surface area (Å²) in [6.07, 6.45) is 0.958. The fourth-order valence-electron chi connectivity index (χ4n) is 2.78. The third kappa shape index (κ3) is 2.59. The van der Waals surface area contributed by atoms with E-state index >= 15 is 0 Å². The maximum absolute atomic E-state index is 5.92. The van der Waals surface area contributed by atoms with Crippen molar-refractivity contribution in [3.8, 4) is 5.75 Å². The Labute approximate surface area is 130 Å². The molecule has 1 aliphatic heterocycles. The highest BCUT2D eigenvalue weighted by atomic mass is 32.1. The Morgan fingerprint density at radius 1 is 1.19 bits per heavy atom. The summed E-state index contributed by atoms with van der Waals surface area (Å²) in [4.78, 5) is 2.70. The molecule has 3 rings (SSSR count). The van der Waals surface area contributed by atoms with Crippen LogP contribution in [-0.4, -0.2) is 18.1 Å². The maximum atomic E-state index is 5.92. The minimum atomic E-state index is 0.427. The van der Waals surface area contributed by atoms with E-state index < -0.39 is 0 Å². The summed E-state index contributed by atoms with van der Waals surface area (Å²) in [6, 6.07) is 14.2. The molecular formula is C17H18N2OS. The highest BCUT2D eigenvalue weighted by Gasteiger charge is 2.21. The summed E-state index contributed by atoms with van der Waals surface area (Å²) in [5.74, 6) is 0.909. The largest absolute Gasteiger partial charge is 0.491 e. The molecule has 0 radical (unpaired) electrons. The van der Waals surface area contributed by atoms with Gasteiger partial charge in [-0.05, 0) is 37.1 Å². The Morgan fingerprint density at radius 2 is 2.00 bits per heavy atom. The highest BCUT2D eigenvalue weighted by molar-refractivity contribution is 7.80. The first kappa shape index (κ1) is 13.9. The molecule has 1 aliphatic rings. The molecule has 0 spiro atoms. The van der Waals surface area contributed by atoms with Crippen LogP contribution < -0.4 is 15.4 Å². The second kappa shape index (κ2) is 5.74. The Kier molecular flexibility index (Phi) is 3.80. The number of nitrogens with zero attached hydrogens (tertiary/aromatic N) is 1. The normalized spacial score (nSPS) is 14.0. The van der Waals surface area contributed by atoms with Gasteiger partial charge in [-0.25, -0.2) is 0 Å². The number of rotatable bonds is 2. The minimum absolute atomic E-state index is 0.427. The summed E-state index contributed by atoms with van der Waals surface area (Å²) in [5.41, 5.74) is 10.2. The number of hydrogen-bond acceptors (Lipinski definition) is 3. The predicted octanol–water partition coefficient (Wildman–Crippen LogP) is 3.55. The number of benzene rings is 2. The van der Waals surface area contributed by atoms with Gasteiger partial charge >= 0.3 is 0 Å². The third-order valence-corrected chi connectivity index (χ3v) is 3.93. The molecule has 0 fully saturated rings. The zero-order chi connectivity index (χ0) is 14.8. The second-order valence-corrected chi connectivity index (χ2v) is 5.60. The molecule has 2 aromatic carbocycles. The number of hydrogen-bond donors (Lipinski definition) is 1. The molecule has 4 heteroatoms. The lowest BCUT2D eigenvalue weighted by molar-refractivity contribution is 0.322. The van der Waals surface area contributed by atoms with Crippen molar-refractivity contribution in [3.05, 3.63) is 53.6 Å². The maximum Gasteiger partial charge on any atom is 0.142 e. The average molecular weight is 298 g/mol. The number of nitrogens with two attached hydrogens (primary N) is 1. The first-order valence-electron chi connectivity index (χ1n) is 7.07. The molecular weight excluding hydrogens is 280 g/mol. The van der Waals surface area contributed by atoms with Crippen LogP contribution in [-0.2, 0) is 0 Å². The molecule has 0 bridgehead atoms. The summed E-state index contributed by atoms with van der Waals surface area (Å²) in [7, 11) is 0. The molecule has 1 heterocycles. The van der Waals surface area contributed by atoms with Crippen LogP contribution in [0.3, 0.4) is 0 Å². The SMILES string of the molecule is Cc1cccc(C(N)=S)c1N1CCCOc2ccccc21. The van der Waals surface area contributed by atoms with Crippen molar-refractivity contribution in [2.75, 3.05) is 18.1 Å². The van der Waals surface area contributed by atoms with Crippen LogP contribution in [0.5, 0.6) is 5.75 Å². The molecule has 21 heavy (non-hydrogen) atoms. The zero-order valence-corrected chi connectivity index (χ0v) is 12.8. The van der Waals surface area contributed by atoms with E-state index in [2.05, 4.69) is 24.0 Å². The summed E-state index contributed by atoms with van der Waals surface area (Å²) in [6.45, 7) is 3.70. The van der Waals surface area contributed by atoms with Crippen LogP contribution in [0.1, 0.15) is 17.5 Å². The summed E-state index contributed by atoms with van der Waals surface area (Å²) >= 11 is 5.23. The number of aryl methyl sites for hydroxylation is 1. The fraction of sp³-hybridized carbons (Fsp3) is 0.235. The van der Waals surface area contributed by atoms with E-state index in [1.165, 1.54) is 0 Å². The van der Waals surface area contributed by atoms with Crippen LogP contribution in [0.4, 0.5) is 11.4 Å². The Balaban J connectivity index is 2.19. The number of fused-ring (bicyclic) bond motifs is 1. The molecule has 2 N–H and O–H groups in total. The topological polar surface area (TPSA) is 38.5 Å². The van der Waals surface area contributed by atoms with Gasteiger partial charge in [0.15, 0.2) is 0 Å². The van der Waals surface area contributed by atoms with Crippen molar-refractivity contribution in [2.45, 2.75) is 13.3 Å². The first-order valence-corrected chi connectivity index (χ1v) is 7.48. The Bertz CT molecular complexity index is 684. The van der Waals surface area contributed by atoms with Crippen molar-refractivity contribution >= 4 is 28.6 Å². The van der Waals surface area contributed by atoms with E-state index in [1.54, 1.807) is 0 Å². The van der Waals surface area contributed by atoms with Crippen LogP contribution in [0.15, 0.2) is 42.5 Å². The van der Waals surface area contributed by atoms with Crippen molar-refractivity contribution < 1.29 is 4.74 Å². The zero-order valence-electron chi connectivity index (χ0n) is 12.0. The van der Waals surface area contributed by atoms with Gasteiger partial charge in [0.25, 0.3) is 0 Å². The van der Waals surface area contributed by atoms with E-state index in [9.17, 15) is 0 Å². The Morgan fingerprint density at radius 3 is 2.81 bits per heavy atom. The predicted molar refractivity (Wildman–Crippen MR) is 90.6 cm³/mol. The quantitative estimate of drug-likeness (QED) is 0.861. The van der Waals surface area contributed by atoms with E-state index in [0.717, 1.165) is 47.8 Å². The first-order chi connectivity index (χ1) is 10.2. The van der Waals surface area contributed by atoms with Gasteiger partial charge in [-0.2, -0.15) is 0 Å². The highest BCUT2D eigenvalue weighted by Crippen LogP contribution is 2.38. The van der Waals surface area contributed by atoms with E-state index in [0.29, 0.717) is 4.99 Å². The van der Waals surface area contributed by atoms with E-state index in [1.807, 2.05) is 30.3 Å². The van der Waals surface area contributed by atoms with E-state index in [-0.39, 0.29) is 0 Å². The smallest absolute Gasteiger partial charge is 0.142 e. The number of para-hydroxylation sites is 3. The third-order valence-electron chi connectivity index (χ3n) is 3.71. The van der Waals surface area contributed by atoms with E-state index in [4.69, 9.17) is 22.7 Å². The van der Waals surface area contributed by atoms with Gasteiger partial charge in [0.05, 0.1) is 18.0 Å². The van der Waals surface area contributed by atoms with Gasteiger partial charge in [0, 0.05) is 12.1 Å². The van der Waals surface area contributed by atoms with Crippen LogP contribution >= 0.6 is 12.2 Å². The van der Waals surface area contributed by atoms with Gasteiger partial charge in [-0.3, -0.25) is 0 Å². The Hall–Kier alpha value is -2.07. The van der Waals surface area contributed by atoms with Crippen LogP contribution in [0, 0.1) is 6.92 Å². The van der Waals surface area contributed by atoms with Crippen molar-refractivity contribution in [3.63, 3.8) is 0 Å².